The van der Waals surface area contributed by atoms with Gasteiger partial charge in [-0.1, -0.05) is 6.42 Å². The molecule has 0 aliphatic carbocycles. The molecule has 1 aromatic heterocycles. The summed E-state index contributed by atoms with van der Waals surface area (Å²) in [6.45, 7) is 1.84. The predicted octanol–water partition coefficient (Wildman–Crippen LogP) is 2.10. The third-order valence-electron chi connectivity index (χ3n) is 2.92. The SMILES string of the molecule is CN1CCCCC1COc1ncc(Br)cn1. The van der Waals surface area contributed by atoms with E-state index >= 15 is 0 Å². The molecule has 0 bridgehead atoms. The highest BCUT2D eigenvalue weighted by atomic mass is 79.9. The molecule has 0 radical (unpaired) electrons. The van der Waals surface area contributed by atoms with Crippen molar-refractivity contribution in [2.24, 2.45) is 0 Å². The fourth-order valence-electron chi connectivity index (χ4n) is 1.90. The van der Waals surface area contributed by atoms with E-state index in [9.17, 15) is 0 Å². The van der Waals surface area contributed by atoms with E-state index in [-0.39, 0.29) is 0 Å². The van der Waals surface area contributed by atoms with Crippen molar-refractivity contribution in [1.82, 2.24) is 14.9 Å². The second kappa shape index (κ2) is 5.59. The van der Waals surface area contributed by atoms with Crippen molar-refractivity contribution in [1.29, 1.82) is 0 Å². The average Bonchev–Trinajstić information content (AvgIpc) is 2.30. The highest BCUT2D eigenvalue weighted by Gasteiger charge is 2.19. The topological polar surface area (TPSA) is 38.2 Å². The molecular weight excluding hydrogens is 270 g/mol. The maximum absolute atomic E-state index is 5.59. The molecule has 2 rings (SSSR count). The Hall–Kier alpha value is -0.680. The second-order valence-corrected chi connectivity index (χ2v) is 5.04. The van der Waals surface area contributed by atoms with Crippen molar-refractivity contribution in [3.8, 4) is 6.01 Å². The number of nitrogens with zero attached hydrogens (tertiary/aromatic N) is 3. The fourth-order valence-corrected chi connectivity index (χ4v) is 2.11. The Kier molecular flexibility index (Phi) is 4.12. The maximum atomic E-state index is 5.59. The van der Waals surface area contributed by atoms with Gasteiger partial charge in [-0.2, -0.15) is 0 Å². The van der Waals surface area contributed by atoms with Gasteiger partial charge in [0, 0.05) is 18.4 Å². The molecule has 1 aliphatic heterocycles. The van der Waals surface area contributed by atoms with Crippen molar-refractivity contribution in [2.75, 3.05) is 20.2 Å². The Morgan fingerprint density at radius 2 is 2.19 bits per heavy atom. The van der Waals surface area contributed by atoms with Gasteiger partial charge < -0.3 is 9.64 Å². The Bertz CT molecular complexity index is 331. The van der Waals surface area contributed by atoms with Crippen LogP contribution in [0.2, 0.25) is 0 Å². The van der Waals surface area contributed by atoms with Gasteiger partial charge in [0.2, 0.25) is 0 Å². The van der Waals surface area contributed by atoms with Crippen LogP contribution < -0.4 is 4.74 Å². The summed E-state index contributed by atoms with van der Waals surface area (Å²) in [7, 11) is 2.15. The lowest BCUT2D eigenvalue weighted by atomic mass is 10.0. The molecule has 0 saturated carbocycles. The summed E-state index contributed by atoms with van der Waals surface area (Å²) in [5.74, 6) is 0. The first-order valence-corrected chi connectivity index (χ1v) is 6.35. The molecule has 0 spiro atoms. The molecule has 1 aliphatic rings. The van der Waals surface area contributed by atoms with Crippen LogP contribution in [0.4, 0.5) is 0 Å². The molecule has 0 amide bonds. The molecule has 0 N–H and O–H groups in total. The predicted molar refractivity (Wildman–Crippen MR) is 65.5 cm³/mol. The van der Waals surface area contributed by atoms with Gasteiger partial charge in [0.15, 0.2) is 0 Å². The number of piperidine rings is 1. The Balaban J connectivity index is 1.84. The van der Waals surface area contributed by atoms with Crippen molar-refractivity contribution >= 4 is 15.9 Å². The highest BCUT2D eigenvalue weighted by molar-refractivity contribution is 9.10. The number of ether oxygens (including phenoxy) is 1. The highest BCUT2D eigenvalue weighted by Crippen LogP contribution is 2.16. The van der Waals surface area contributed by atoms with Crippen LogP contribution in [-0.4, -0.2) is 41.1 Å². The molecule has 1 saturated heterocycles. The number of likely N-dealkylation sites (N-methyl/N-ethyl adjacent to an activating group) is 1. The van der Waals surface area contributed by atoms with E-state index in [0.29, 0.717) is 18.7 Å². The molecule has 1 atom stereocenters. The summed E-state index contributed by atoms with van der Waals surface area (Å²) < 4.78 is 6.46. The lowest BCUT2D eigenvalue weighted by molar-refractivity contribution is 0.120. The summed E-state index contributed by atoms with van der Waals surface area (Å²) in [4.78, 5) is 10.5. The smallest absolute Gasteiger partial charge is 0.316 e. The molecule has 0 aromatic carbocycles. The summed E-state index contributed by atoms with van der Waals surface area (Å²) in [6.07, 6.45) is 7.19. The number of aromatic nitrogens is 2. The van der Waals surface area contributed by atoms with Crippen LogP contribution >= 0.6 is 15.9 Å². The van der Waals surface area contributed by atoms with Gasteiger partial charge in [-0.3, -0.25) is 0 Å². The first kappa shape index (κ1) is 11.8. The third kappa shape index (κ3) is 3.15. The van der Waals surface area contributed by atoms with Crippen LogP contribution in [0.25, 0.3) is 0 Å². The Morgan fingerprint density at radius 1 is 1.44 bits per heavy atom. The first-order chi connectivity index (χ1) is 7.75. The van der Waals surface area contributed by atoms with Crippen molar-refractivity contribution in [3.63, 3.8) is 0 Å². The van der Waals surface area contributed by atoms with E-state index < -0.39 is 0 Å². The van der Waals surface area contributed by atoms with Crippen molar-refractivity contribution < 1.29 is 4.74 Å². The van der Waals surface area contributed by atoms with E-state index in [4.69, 9.17) is 4.74 Å². The van der Waals surface area contributed by atoms with Gasteiger partial charge in [-0.15, -0.1) is 0 Å². The maximum Gasteiger partial charge on any atom is 0.316 e. The molecular formula is C11H16BrN3O. The van der Waals surface area contributed by atoms with E-state index in [1.54, 1.807) is 12.4 Å². The largest absolute Gasteiger partial charge is 0.462 e. The van der Waals surface area contributed by atoms with Crippen LogP contribution in [0.5, 0.6) is 6.01 Å². The van der Waals surface area contributed by atoms with Gasteiger partial charge >= 0.3 is 6.01 Å². The fraction of sp³-hybridized carbons (Fsp3) is 0.636. The molecule has 1 aromatic rings. The number of rotatable bonds is 3. The van der Waals surface area contributed by atoms with Gasteiger partial charge in [0.1, 0.15) is 6.61 Å². The monoisotopic (exact) mass is 285 g/mol. The number of likely N-dealkylation sites (tertiary alicyclic amines) is 1. The normalized spacial score (nSPS) is 22.0. The quantitative estimate of drug-likeness (QED) is 0.853. The Labute approximate surface area is 104 Å². The minimum absolute atomic E-state index is 0.460. The van der Waals surface area contributed by atoms with Crippen LogP contribution in [0.1, 0.15) is 19.3 Å². The van der Waals surface area contributed by atoms with E-state index in [1.807, 2.05) is 0 Å². The van der Waals surface area contributed by atoms with Gasteiger partial charge in [0.05, 0.1) is 4.47 Å². The van der Waals surface area contributed by atoms with Crippen molar-refractivity contribution in [2.45, 2.75) is 25.3 Å². The Morgan fingerprint density at radius 3 is 2.88 bits per heavy atom. The van der Waals surface area contributed by atoms with E-state index in [1.165, 1.54) is 19.3 Å². The van der Waals surface area contributed by atoms with E-state index in [2.05, 4.69) is 37.8 Å². The van der Waals surface area contributed by atoms with Gasteiger partial charge in [0.25, 0.3) is 0 Å². The molecule has 4 nitrogen and oxygen atoms in total. The zero-order valence-electron chi connectivity index (χ0n) is 9.40. The first-order valence-electron chi connectivity index (χ1n) is 5.56. The van der Waals surface area contributed by atoms with Crippen LogP contribution in [-0.2, 0) is 0 Å². The van der Waals surface area contributed by atoms with Gasteiger partial charge in [-0.05, 0) is 42.4 Å². The lowest BCUT2D eigenvalue weighted by Crippen LogP contribution is -2.40. The minimum atomic E-state index is 0.460. The van der Waals surface area contributed by atoms with Crippen LogP contribution in [0.15, 0.2) is 16.9 Å². The lowest BCUT2D eigenvalue weighted by Gasteiger charge is -2.31. The molecule has 1 unspecified atom stereocenters. The van der Waals surface area contributed by atoms with Gasteiger partial charge in [-0.25, -0.2) is 9.97 Å². The summed E-state index contributed by atoms with van der Waals surface area (Å²) in [5.41, 5.74) is 0. The van der Waals surface area contributed by atoms with Crippen molar-refractivity contribution in [3.05, 3.63) is 16.9 Å². The average molecular weight is 286 g/mol. The van der Waals surface area contributed by atoms with Crippen LogP contribution in [0, 0.1) is 0 Å². The number of hydrogen-bond donors (Lipinski definition) is 0. The second-order valence-electron chi connectivity index (χ2n) is 4.13. The standard InChI is InChI=1S/C11H16BrN3O/c1-15-5-3-2-4-10(15)8-16-11-13-6-9(12)7-14-11/h6-7,10H,2-5,8H2,1H3. The van der Waals surface area contributed by atoms with E-state index in [0.717, 1.165) is 11.0 Å². The third-order valence-corrected chi connectivity index (χ3v) is 3.33. The zero-order valence-corrected chi connectivity index (χ0v) is 11.0. The number of hydrogen-bond acceptors (Lipinski definition) is 4. The minimum Gasteiger partial charge on any atom is -0.462 e. The zero-order chi connectivity index (χ0) is 11.4. The molecule has 1 fully saturated rings. The molecule has 5 heteroatoms. The summed E-state index contributed by atoms with van der Waals surface area (Å²) in [5, 5.41) is 0. The van der Waals surface area contributed by atoms with Crippen LogP contribution in [0.3, 0.4) is 0 Å². The number of halogens is 1. The molecule has 16 heavy (non-hydrogen) atoms. The molecule has 88 valence electrons. The summed E-state index contributed by atoms with van der Waals surface area (Å²) in [6, 6.07) is 0.961. The summed E-state index contributed by atoms with van der Waals surface area (Å²) >= 11 is 3.29. The molecule has 2 heterocycles.